The molecule has 1 heterocycles. The molecule has 1 aromatic carbocycles. The molecule has 3 fully saturated rings. The molecule has 2 saturated carbocycles. The van der Waals surface area contributed by atoms with E-state index in [0.29, 0.717) is 31.3 Å². The quantitative estimate of drug-likeness (QED) is 0.862. The Hall–Kier alpha value is -2.04. The van der Waals surface area contributed by atoms with Crippen molar-refractivity contribution >= 4 is 11.9 Å². The molecule has 1 aromatic rings. The number of hydrogen-bond acceptors (Lipinski definition) is 3. The van der Waals surface area contributed by atoms with Crippen LogP contribution >= 0.6 is 0 Å². The topological polar surface area (TPSA) is 66.8 Å². The van der Waals surface area contributed by atoms with E-state index >= 15 is 0 Å². The number of hydrogen-bond donors (Lipinski definition) is 1. The number of nitrogens with zero attached hydrogens (tertiary/aromatic N) is 1. The zero-order chi connectivity index (χ0) is 19.2. The predicted molar refractivity (Wildman–Crippen MR) is 102 cm³/mol. The average molecular weight is 371 g/mol. The Labute approximate surface area is 160 Å². The molecule has 5 nitrogen and oxygen atoms in total. The van der Waals surface area contributed by atoms with E-state index < -0.39 is 11.4 Å². The molecule has 0 aromatic heterocycles. The van der Waals surface area contributed by atoms with Gasteiger partial charge in [0.2, 0.25) is 5.91 Å². The highest BCUT2D eigenvalue weighted by atomic mass is 16.5. The first kappa shape index (κ1) is 18.3. The van der Waals surface area contributed by atoms with Crippen LogP contribution in [0.3, 0.4) is 0 Å². The predicted octanol–water partition coefficient (Wildman–Crippen LogP) is 3.37. The maximum Gasteiger partial charge on any atom is 0.311 e. The number of fused-ring (bicyclic) bond motifs is 2. The van der Waals surface area contributed by atoms with E-state index in [2.05, 4.69) is 6.07 Å². The molecule has 2 aliphatic carbocycles. The Morgan fingerprint density at radius 2 is 2.15 bits per heavy atom. The van der Waals surface area contributed by atoms with E-state index in [4.69, 9.17) is 4.74 Å². The number of carboxylic acid groups (broad SMARTS) is 1. The summed E-state index contributed by atoms with van der Waals surface area (Å²) in [6, 6.07) is 8.02. The van der Waals surface area contributed by atoms with Crippen molar-refractivity contribution in [2.45, 2.75) is 45.4 Å². The molecule has 3 aliphatic rings. The van der Waals surface area contributed by atoms with E-state index in [1.807, 2.05) is 23.1 Å². The third-order valence-corrected chi connectivity index (χ3v) is 7.33. The minimum absolute atomic E-state index is 0.183. The van der Waals surface area contributed by atoms with Crippen molar-refractivity contribution in [2.75, 3.05) is 20.2 Å². The second-order valence-electron chi connectivity index (χ2n) is 9.11. The van der Waals surface area contributed by atoms with E-state index in [1.54, 1.807) is 14.0 Å². The van der Waals surface area contributed by atoms with Crippen molar-refractivity contribution < 1.29 is 19.4 Å². The van der Waals surface area contributed by atoms with Gasteiger partial charge in [-0.15, -0.1) is 0 Å². The minimum Gasteiger partial charge on any atom is -0.497 e. The van der Waals surface area contributed by atoms with Crippen LogP contribution in [0.25, 0.3) is 0 Å². The summed E-state index contributed by atoms with van der Waals surface area (Å²) in [6.07, 6.45) is 5.69. The molecular formula is C22H29NO4. The SMILES string of the molecule is COc1cccc(CC2(C(=O)N3CCC(C)(C(=O)O)C3)CC3CCC2C3)c1. The summed E-state index contributed by atoms with van der Waals surface area (Å²) in [6.45, 7) is 2.65. The maximum atomic E-state index is 13.7. The minimum atomic E-state index is -0.815. The number of aliphatic carboxylic acids is 1. The summed E-state index contributed by atoms with van der Waals surface area (Å²) >= 11 is 0. The lowest BCUT2D eigenvalue weighted by molar-refractivity contribution is -0.149. The van der Waals surface area contributed by atoms with Crippen LogP contribution in [0.2, 0.25) is 0 Å². The molecule has 0 spiro atoms. The number of likely N-dealkylation sites (tertiary alicyclic amines) is 1. The van der Waals surface area contributed by atoms with Gasteiger partial charge in [0.15, 0.2) is 0 Å². The maximum absolute atomic E-state index is 13.7. The van der Waals surface area contributed by atoms with E-state index in [1.165, 1.54) is 6.42 Å². The van der Waals surface area contributed by atoms with Gasteiger partial charge in [-0.1, -0.05) is 18.6 Å². The molecule has 1 saturated heterocycles. The molecule has 4 atom stereocenters. The molecule has 0 radical (unpaired) electrons. The molecule has 5 heteroatoms. The van der Waals surface area contributed by atoms with Gasteiger partial charge in [-0.3, -0.25) is 9.59 Å². The molecular weight excluding hydrogens is 342 g/mol. The van der Waals surface area contributed by atoms with Crippen LogP contribution in [0.1, 0.15) is 44.6 Å². The highest BCUT2D eigenvalue weighted by Crippen LogP contribution is 2.58. The van der Waals surface area contributed by atoms with Crippen LogP contribution < -0.4 is 4.74 Å². The number of methoxy groups -OCH3 is 1. The van der Waals surface area contributed by atoms with Crippen molar-refractivity contribution in [1.29, 1.82) is 0 Å². The fourth-order valence-corrected chi connectivity index (χ4v) is 5.77. The Morgan fingerprint density at radius 1 is 1.33 bits per heavy atom. The van der Waals surface area contributed by atoms with Crippen LogP contribution in [-0.4, -0.2) is 42.1 Å². The van der Waals surface area contributed by atoms with E-state index in [0.717, 1.165) is 37.0 Å². The number of carbonyl (C=O) groups excluding carboxylic acids is 1. The molecule has 2 bridgehead atoms. The normalized spacial score (nSPS) is 34.8. The lowest BCUT2D eigenvalue weighted by Crippen LogP contribution is -2.48. The number of carboxylic acids is 1. The van der Waals surface area contributed by atoms with Gasteiger partial charge in [0, 0.05) is 13.1 Å². The second-order valence-corrected chi connectivity index (χ2v) is 9.11. The second kappa shape index (κ2) is 6.54. The number of benzene rings is 1. The average Bonchev–Trinajstić information content (AvgIpc) is 3.36. The highest BCUT2D eigenvalue weighted by Gasteiger charge is 2.57. The van der Waals surface area contributed by atoms with Gasteiger partial charge in [0.05, 0.1) is 17.9 Å². The summed E-state index contributed by atoms with van der Waals surface area (Å²) in [4.78, 5) is 27.2. The van der Waals surface area contributed by atoms with Crippen molar-refractivity contribution in [1.82, 2.24) is 4.90 Å². The van der Waals surface area contributed by atoms with Crippen LogP contribution in [0.5, 0.6) is 5.75 Å². The summed E-state index contributed by atoms with van der Waals surface area (Å²) in [7, 11) is 1.66. The van der Waals surface area contributed by atoms with Crippen LogP contribution in [-0.2, 0) is 16.0 Å². The standard InChI is InChI=1S/C22H29NO4/c1-21(20(25)26)8-9-23(14-21)19(24)22(13-16-6-7-17(22)10-16)12-15-4-3-5-18(11-15)27-2/h3-5,11,16-17H,6-10,12-14H2,1-2H3,(H,25,26). The molecule has 1 N–H and O–H groups in total. The van der Waals surface area contributed by atoms with Crippen molar-refractivity contribution in [2.24, 2.45) is 22.7 Å². The number of ether oxygens (including phenoxy) is 1. The largest absolute Gasteiger partial charge is 0.497 e. The first-order valence-corrected chi connectivity index (χ1v) is 10.0. The van der Waals surface area contributed by atoms with Crippen LogP contribution in [0.15, 0.2) is 24.3 Å². The number of rotatable bonds is 5. The van der Waals surface area contributed by atoms with Crippen molar-refractivity contribution in [3.63, 3.8) is 0 Å². The Bertz CT molecular complexity index is 762. The number of amides is 1. The van der Waals surface area contributed by atoms with Gasteiger partial charge < -0.3 is 14.7 Å². The van der Waals surface area contributed by atoms with Crippen LogP contribution in [0, 0.1) is 22.7 Å². The van der Waals surface area contributed by atoms with Crippen molar-refractivity contribution in [3.05, 3.63) is 29.8 Å². The highest BCUT2D eigenvalue weighted by molar-refractivity contribution is 5.86. The monoisotopic (exact) mass is 371 g/mol. The summed E-state index contributed by atoms with van der Waals surface area (Å²) in [5, 5.41) is 9.55. The van der Waals surface area contributed by atoms with Gasteiger partial charge >= 0.3 is 5.97 Å². The lowest BCUT2D eigenvalue weighted by Gasteiger charge is -2.40. The van der Waals surface area contributed by atoms with Gasteiger partial charge in [0.1, 0.15) is 5.75 Å². The van der Waals surface area contributed by atoms with Crippen molar-refractivity contribution in [3.8, 4) is 5.75 Å². The fraction of sp³-hybridized carbons (Fsp3) is 0.636. The summed E-state index contributed by atoms with van der Waals surface area (Å²) in [5.74, 6) is 1.25. The lowest BCUT2D eigenvalue weighted by atomic mass is 9.68. The smallest absolute Gasteiger partial charge is 0.311 e. The Kier molecular flexibility index (Phi) is 4.44. The zero-order valence-electron chi connectivity index (χ0n) is 16.2. The fourth-order valence-electron chi connectivity index (χ4n) is 5.77. The third-order valence-electron chi connectivity index (χ3n) is 7.33. The first-order chi connectivity index (χ1) is 12.9. The van der Waals surface area contributed by atoms with E-state index in [9.17, 15) is 14.7 Å². The number of carbonyl (C=O) groups is 2. The molecule has 1 aliphatic heterocycles. The summed E-state index contributed by atoms with van der Waals surface area (Å²) < 4.78 is 5.37. The Balaban J connectivity index is 1.62. The van der Waals surface area contributed by atoms with Gasteiger partial charge in [0.25, 0.3) is 0 Å². The van der Waals surface area contributed by atoms with E-state index in [-0.39, 0.29) is 11.3 Å². The van der Waals surface area contributed by atoms with Gasteiger partial charge in [-0.25, -0.2) is 0 Å². The molecule has 4 unspecified atom stereocenters. The zero-order valence-corrected chi connectivity index (χ0v) is 16.2. The van der Waals surface area contributed by atoms with Crippen LogP contribution in [0.4, 0.5) is 0 Å². The molecule has 146 valence electrons. The molecule has 27 heavy (non-hydrogen) atoms. The molecule has 4 rings (SSSR count). The molecule has 1 amide bonds. The van der Waals surface area contributed by atoms with Gasteiger partial charge in [-0.2, -0.15) is 0 Å². The first-order valence-electron chi connectivity index (χ1n) is 10.0. The van der Waals surface area contributed by atoms with Gasteiger partial charge in [-0.05, 0) is 68.6 Å². The summed E-state index contributed by atoms with van der Waals surface area (Å²) in [5.41, 5.74) is -0.0563. The third kappa shape index (κ3) is 3.01. The Morgan fingerprint density at radius 3 is 2.74 bits per heavy atom.